The average Bonchev–Trinajstić information content (AvgIpc) is 2.61. The minimum absolute atomic E-state index is 0.371. The van der Waals surface area contributed by atoms with Crippen LogP contribution in [0.5, 0.6) is 0 Å². The third-order valence-corrected chi connectivity index (χ3v) is 4.29. The molecule has 0 bridgehead atoms. The fourth-order valence-electron chi connectivity index (χ4n) is 2.80. The second-order valence-corrected chi connectivity index (χ2v) is 6.61. The maximum Gasteiger partial charge on any atom is 0.145 e. The van der Waals surface area contributed by atoms with Crippen molar-refractivity contribution in [1.82, 2.24) is 5.32 Å². The van der Waals surface area contributed by atoms with Gasteiger partial charge in [0, 0.05) is 29.7 Å². The van der Waals surface area contributed by atoms with Crippen molar-refractivity contribution in [3.05, 3.63) is 65.5 Å². The van der Waals surface area contributed by atoms with Crippen molar-refractivity contribution >= 4 is 23.4 Å². The second-order valence-electron chi connectivity index (χ2n) is 6.61. The molecule has 0 atom stereocenters. The SMILES string of the molecule is C=C(NC)c1ccc(N(c2ccc(C#N)c(C)c2)C(C)(C)C=O)cc1F. The highest BCUT2D eigenvalue weighted by atomic mass is 19.1. The van der Waals surface area contributed by atoms with Gasteiger partial charge in [-0.15, -0.1) is 0 Å². The molecule has 0 aliphatic heterocycles. The molecule has 1 N–H and O–H groups in total. The molecule has 0 aliphatic carbocycles. The van der Waals surface area contributed by atoms with Gasteiger partial charge in [-0.05, 0) is 62.7 Å². The molecule has 0 unspecified atom stereocenters. The molecule has 4 nitrogen and oxygen atoms in total. The van der Waals surface area contributed by atoms with Crippen molar-refractivity contribution < 1.29 is 9.18 Å². The minimum atomic E-state index is -0.908. The molecule has 0 amide bonds. The Balaban J connectivity index is 2.62. The predicted octanol–water partition coefficient (Wildman–Crippen LogP) is 4.31. The van der Waals surface area contributed by atoms with E-state index in [1.807, 2.05) is 13.0 Å². The highest BCUT2D eigenvalue weighted by Crippen LogP contribution is 2.35. The molecule has 134 valence electrons. The first-order valence-electron chi connectivity index (χ1n) is 8.19. The van der Waals surface area contributed by atoms with Crippen LogP contribution in [-0.2, 0) is 4.79 Å². The van der Waals surface area contributed by atoms with Gasteiger partial charge >= 0.3 is 0 Å². The number of carbonyl (C=O) groups excluding carboxylic acids is 1. The lowest BCUT2D eigenvalue weighted by atomic mass is 9.99. The smallest absolute Gasteiger partial charge is 0.145 e. The molecule has 5 heteroatoms. The number of hydrogen-bond acceptors (Lipinski definition) is 4. The van der Waals surface area contributed by atoms with E-state index in [4.69, 9.17) is 5.26 Å². The zero-order chi connectivity index (χ0) is 19.5. The third-order valence-electron chi connectivity index (χ3n) is 4.29. The van der Waals surface area contributed by atoms with Crippen LogP contribution in [0.15, 0.2) is 43.0 Å². The summed E-state index contributed by atoms with van der Waals surface area (Å²) in [5, 5.41) is 12.0. The van der Waals surface area contributed by atoms with Crippen molar-refractivity contribution in [2.45, 2.75) is 26.3 Å². The molecule has 0 fully saturated rings. The number of anilines is 2. The first kappa shape index (κ1) is 19.2. The molecular formula is C21H22FN3O. The first-order valence-corrected chi connectivity index (χ1v) is 8.19. The van der Waals surface area contributed by atoms with Crippen LogP contribution in [0.3, 0.4) is 0 Å². The molecule has 0 spiro atoms. The van der Waals surface area contributed by atoms with Gasteiger partial charge in [-0.1, -0.05) is 6.58 Å². The van der Waals surface area contributed by atoms with E-state index < -0.39 is 11.4 Å². The van der Waals surface area contributed by atoms with Gasteiger partial charge in [-0.2, -0.15) is 5.26 Å². The van der Waals surface area contributed by atoms with E-state index in [1.165, 1.54) is 6.07 Å². The summed E-state index contributed by atoms with van der Waals surface area (Å²) >= 11 is 0. The Kier molecular flexibility index (Phi) is 5.47. The van der Waals surface area contributed by atoms with Crippen molar-refractivity contribution in [3.63, 3.8) is 0 Å². The lowest BCUT2D eigenvalue weighted by Crippen LogP contribution is -2.42. The van der Waals surface area contributed by atoms with Crippen LogP contribution in [0.25, 0.3) is 5.70 Å². The molecule has 0 aliphatic rings. The number of carbonyl (C=O) groups is 1. The maximum absolute atomic E-state index is 14.6. The summed E-state index contributed by atoms with van der Waals surface area (Å²) < 4.78 is 14.6. The second kappa shape index (κ2) is 7.40. The lowest BCUT2D eigenvalue weighted by molar-refractivity contribution is -0.111. The van der Waals surface area contributed by atoms with Crippen LogP contribution in [0.4, 0.5) is 15.8 Å². The highest BCUT2D eigenvalue weighted by molar-refractivity contribution is 5.79. The zero-order valence-corrected chi connectivity index (χ0v) is 15.4. The number of halogens is 1. The molecule has 0 saturated heterocycles. The van der Waals surface area contributed by atoms with Crippen molar-refractivity contribution in [1.29, 1.82) is 5.26 Å². The van der Waals surface area contributed by atoms with E-state index in [1.54, 1.807) is 50.1 Å². The fourth-order valence-corrected chi connectivity index (χ4v) is 2.80. The first-order chi connectivity index (χ1) is 12.2. The Hall–Kier alpha value is -3.13. The molecule has 0 heterocycles. The van der Waals surface area contributed by atoms with Crippen LogP contribution in [-0.4, -0.2) is 18.9 Å². The number of hydrogen-bond donors (Lipinski definition) is 1. The quantitative estimate of drug-likeness (QED) is 0.788. The van der Waals surface area contributed by atoms with Gasteiger partial charge < -0.3 is 15.0 Å². The molecule has 0 saturated carbocycles. The van der Waals surface area contributed by atoms with Gasteiger partial charge in [0.2, 0.25) is 0 Å². The Morgan fingerprint density at radius 2 is 1.88 bits per heavy atom. The van der Waals surface area contributed by atoms with Gasteiger partial charge in [0.15, 0.2) is 0 Å². The molecule has 2 rings (SSSR count). The zero-order valence-electron chi connectivity index (χ0n) is 15.4. The average molecular weight is 351 g/mol. The summed E-state index contributed by atoms with van der Waals surface area (Å²) in [4.78, 5) is 13.5. The summed E-state index contributed by atoms with van der Waals surface area (Å²) in [6, 6.07) is 12.2. The number of nitrogens with one attached hydrogen (secondary N) is 1. The Labute approximate surface area is 153 Å². The van der Waals surface area contributed by atoms with Crippen LogP contribution < -0.4 is 10.2 Å². The highest BCUT2D eigenvalue weighted by Gasteiger charge is 2.29. The van der Waals surface area contributed by atoms with E-state index in [0.717, 1.165) is 11.8 Å². The van der Waals surface area contributed by atoms with Crippen LogP contribution in [0.2, 0.25) is 0 Å². The molecule has 0 aromatic heterocycles. The van der Waals surface area contributed by atoms with E-state index in [0.29, 0.717) is 28.2 Å². The fraction of sp³-hybridized carbons (Fsp3) is 0.238. The van der Waals surface area contributed by atoms with Crippen LogP contribution in [0.1, 0.15) is 30.5 Å². The van der Waals surface area contributed by atoms with Gasteiger partial charge in [0.1, 0.15) is 12.1 Å². The maximum atomic E-state index is 14.6. The van der Waals surface area contributed by atoms with Gasteiger partial charge in [-0.25, -0.2) is 4.39 Å². The van der Waals surface area contributed by atoms with Crippen LogP contribution in [0, 0.1) is 24.1 Å². The van der Waals surface area contributed by atoms with E-state index in [9.17, 15) is 9.18 Å². The predicted molar refractivity (Wildman–Crippen MR) is 103 cm³/mol. The number of nitriles is 1. The van der Waals surface area contributed by atoms with Crippen molar-refractivity contribution in [2.24, 2.45) is 0 Å². The summed E-state index contributed by atoms with van der Waals surface area (Å²) in [5.41, 5.74) is 2.53. The number of benzene rings is 2. The Bertz CT molecular complexity index is 897. The largest absolute Gasteiger partial charge is 0.388 e. The summed E-state index contributed by atoms with van der Waals surface area (Å²) in [5.74, 6) is -0.432. The van der Waals surface area contributed by atoms with E-state index >= 15 is 0 Å². The Morgan fingerprint density at radius 1 is 1.27 bits per heavy atom. The molecule has 2 aromatic rings. The lowest BCUT2D eigenvalue weighted by Gasteiger charge is -2.37. The van der Waals surface area contributed by atoms with Gasteiger partial charge in [0.25, 0.3) is 0 Å². The summed E-state index contributed by atoms with van der Waals surface area (Å²) in [6.45, 7) is 9.12. The van der Waals surface area contributed by atoms with E-state index in [2.05, 4.69) is 18.0 Å². The third kappa shape index (κ3) is 3.60. The normalized spacial score (nSPS) is 10.8. The summed E-state index contributed by atoms with van der Waals surface area (Å²) in [6.07, 6.45) is 0.818. The topological polar surface area (TPSA) is 56.1 Å². The molecule has 0 radical (unpaired) electrons. The van der Waals surface area contributed by atoms with Crippen molar-refractivity contribution in [2.75, 3.05) is 11.9 Å². The monoisotopic (exact) mass is 351 g/mol. The number of aryl methyl sites for hydroxylation is 1. The summed E-state index contributed by atoms with van der Waals surface area (Å²) in [7, 11) is 1.68. The Morgan fingerprint density at radius 3 is 2.38 bits per heavy atom. The number of nitrogens with zero attached hydrogens (tertiary/aromatic N) is 2. The number of aldehydes is 1. The standard InChI is InChI=1S/C21H22FN3O/c1-14-10-17(7-6-16(14)12-23)25(21(3,4)13-26)18-8-9-19(15(2)24-5)20(22)11-18/h6-11,13,24H,2H2,1,3-5H3. The van der Waals surface area contributed by atoms with Crippen molar-refractivity contribution in [3.8, 4) is 6.07 Å². The number of rotatable bonds is 6. The van der Waals surface area contributed by atoms with Crippen LogP contribution >= 0.6 is 0 Å². The van der Waals surface area contributed by atoms with E-state index in [-0.39, 0.29) is 0 Å². The van der Waals surface area contributed by atoms with Gasteiger partial charge in [-0.3, -0.25) is 0 Å². The van der Waals surface area contributed by atoms with Gasteiger partial charge in [0.05, 0.1) is 17.2 Å². The molecule has 26 heavy (non-hydrogen) atoms. The minimum Gasteiger partial charge on any atom is -0.388 e. The molecule has 2 aromatic carbocycles. The molecular weight excluding hydrogens is 329 g/mol.